The van der Waals surface area contributed by atoms with Gasteiger partial charge in [0.05, 0.1) is 22.8 Å². The maximum absolute atomic E-state index is 12.8. The highest BCUT2D eigenvalue weighted by molar-refractivity contribution is 6.03. The highest BCUT2D eigenvalue weighted by atomic mass is 16.6. The number of non-ortho nitro benzene ring substituents is 1. The van der Waals surface area contributed by atoms with E-state index in [0.717, 1.165) is 25.7 Å². The first-order valence-electron chi connectivity index (χ1n) is 9.90. The van der Waals surface area contributed by atoms with E-state index >= 15 is 0 Å². The van der Waals surface area contributed by atoms with Gasteiger partial charge in [-0.3, -0.25) is 14.9 Å². The Morgan fingerprint density at radius 1 is 1.24 bits per heavy atom. The zero-order valence-corrected chi connectivity index (χ0v) is 17.2. The molecular formula is C21H30N2O6. The van der Waals surface area contributed by atoms with Crippen molar-refractivity contribution in [3.05, 3.63) is 46.5 Å². The second-order valence-corrected chi connectivity index (χ2v) is 6.42. The quantitative estimate of drug-likeness (QED) is 0.150. The van der Waals surface area contributed by atoms with Crippen LogP contribution in [0.15, 0.2) is 30.9 Å². The highest BCUT2D eigenvalue weighted by Gasteiger charge is 2.25. The summed E-state index contributed by atoms with van der Waals surface area (Å²) in [5.74, 6) is -0.981. The average molecular weight is 406 g/mol. The normalized spacial score (nSPS) is 10.4. The van der Waals surface area contributed by atoms with E-state index < -0.39 is 10.9 Å². The molecule has 29 heavy (non-hydrogen) atoms. The third-order valence-corrected chi connectivity index (χ3v) is 4.19. The molecule has 1 amide bonds. The summed E-state index contributed by atoms with van der Waals surface area (Å²) in [5, 5.41) is 11.2. The molecule has 1 aromatic rings. The van der Waals surface area contributed by atoms with Gasteiger partial charge in [-0.2, -0.15) is 0 Å². The summed E-state index contributed by atoms with van der Waals surface area (Å²) in [5.41, 5.74) is 0.0898. The lowest BCUT2D eigenvalue weighted by Crippen LogP contribution is -2.36. The van der Waals surface area contributed by atoms with Crippen molar-refractivity contribution in [2.24, 2.45) is 0 Å². The second-order valence-electron chi connectivity index (χ2n) is 6.42. The first-order chi connectivity index (χ1) is 14.0. The molecule has 0 saturated carbocycles. The SMILES string of the molecule is C=CCCCCOCC(=O)N(CCCC)c1cc([N+](=O)[O-])ccc1C(=O)OCC. The molecule has 1 rings (SSSR count). The fourth-order valence-corrected chi connectivity index (χ4v) is 2.66. The van der Waals surface area contributed by atoms with Crippen molar-refractivity contribution < 1.29 is 24.0 Å². The molecule has 160 valence electrons. The standard InChI is InChI=1S/C21H30N2O6/c1-4-7-9-10-14-28-16-20(24)22(13-8-5-2)19-15-17(23(26)27)11-12-18(19)21(25)29-6-3/h4,11-12,15H,1,5-10,13-14,16H2,2-3H3. The third kappa shape index (κ3) is 8.03. The summed E-state index contributed by atoms with van der Waals surface area (Å²) in [6.45, 7) is 8.05. The van der Waals surface area contributed by atoms with E-state index in [1.54, 1.807) is 6.92 Å². The predicted molar refractivity (Wildman–Crippen MR) is 111 cm³/mol. The number of nitro groups is 1. The van der Waals surface area contributed by atoms with Crippen LogP contribution in [0.2, 0.25) is 0 Å². The van der Waals surface area contributed by atoms with Gasteiger partial charge in [-0.15, -0.1) is 6.58 Å². The van der Waals surface area contributed by atoms with Gasteiger partial charge in [0, 0.05) is 25.3 Å². The summed E-state index contributed by atoms with van der Waals surface area (Å²) in [4.78, 5) is 37.2. The van der Waals surface area contributed by atoms with Crippen molar-refractivity contribution in [3.8, 4) is 0 Å². The number of hydrogen-bond donors (Lipinski definition) is 0. The van der Waals surface area contributed by atoms with Crippen molar-refractivity contribution in [1.82, 2.24) is 0 Å². The van der Waals surface area contributed by atoms with Crippen molar-refractivity contribution >= 4 is 23.3 Å². The largest absolute Gasteiger partial charge is 0.462 e. The van der Waals surface area contributed by atoms with Crippen LogP contribution >= 0.6 is 0 Å². The van der Waals surface area contributed by atoms with Gasteiger partial charge in [0.15, 0.2) is 0 Å². The van der Waals surface area contributed by atoms with Crippen molar-refractivity contribution in [3.63, 3.8) is 0 Å². The van der Waals surface area contributed by atoms with Crippen molar-refractivity contribution in [2.75, 3.05) is 31.3 Å². The van der Waals surface area contributed by atoms with E-state index in [1.165, 1.54) is 23.1 Å². The fourth-order valence-electron chi connectivity index (χ4n) is 2.66. The van der Waals surface area contributed by atoms with Crippen LogP contribution in [-0.4, -0.2) is 43.2 Å². The number of carbonyl (C=O) groups excluding carboxylic acids is 2. The number of amides is 1. The molecule has 0 saturated heterocycles. The van der Waals surface area contributed by atoms with E-state index in [2.05, 4.69) is 6.58 Å². The second kappa shape index (κ2) is 13.4. The Balaban J connectivity index is 3.08. The lowest BCUT2D eigenvalue weighted by atomic mass is 10.1. The lowest BCUT2D eigenvalue weighted by molar-refractivity contribution is -0.384. The summed E-state index contributed by atoms with van der Waals surface area (Å²) in [6.07, 6.45) is 5.94. The van der Waals surface area contributed by atoms with Gasteiger partial charge in [-0.25, -0.2) is 4.79 Å². The molecule has 1 aromatic carbocycles. The Labute approximate surface area is 171 Å². The first kappa shape index (κ1) is 24.3. The Kier molecular flexibility index (Phi) is 11.3. The molecule has 0 fully saturated rings. The maximum Gasteiger partial charge on any atom is 0.340 e. The van der Waals surface area contributed by atoms with Gasteiger partial charge < -0.3 is 14.4 Å². The summed E-state index contributed by atoms with van der Waals surface area (Å²) < 4.78 is 10.5. The summed E-state index contributed by atoms with van der Waals surface area (Å²) in [7, 11) is 0. The maximum atomic E-state index is 12.8. The zero-order chi connectivity index (χ0) is 21.6. The number of rotatable bonds is 14. The Morgan fingerprint density at radius 3 is 2.62 bits per heavy atom. The third-order valence-electron chi connectivity index (χ3n) is 4.19. The smallest absolute Gasteiger partial charge is 0.340 e. The molecule has 0 radical (unpaired) electrons. The Morgan fingerprint density at radius 2 is 2.00 bits per heavy atom. The molecule has 0 aromatic heterocycles. The first-order valence-corrected chi connectivity index (χ1v) is 9.90. The van der Waals surface area contributed by atoms with E-state index in [0.29, 0.717) is 19.6 Å². The minimum Gasteiger partial charge on any atom is -0.462 e. The molecule has 0 atom stereocenters. The van der Waals surface area contributed by atoms with Gasteiger partial charge in [0.25, 0.3) is 11.6 Å². The van der Waals surface area contributed by atoms with Crippen LogP contribution in [0.25, 0.3) is 0 Å². The molecule has 0 unspecified atom stereocenters. The Bertz CT molecular complexity index is 704. The van der Waals surface area contributed by atoms with Crippen LogP contribution < -0.4 is 4.90 Å². The molecule has 8 heteroatoms. The van der Waals surface area contributed by atoms with Crippen LogP contribution in [0.1, 0.15) is 56.3 Å². The lowest BCUT2D eigenvalue weighted by Gasteiger charge is -2.24. The molecule has 0 aliphatic rings. The van der Waals surface area contributed by atoms with E-state index in [9.17, 15) is 19.7 Å². The van der Waals surface area contributed by atoms with Crippen LogP contribution in [0.5, 0.6) is 0 Å². The molecule has 0 N–H and O–H groups in total. The molecular weight excluding hydrogens is 376 g/mol. The van der Waals surface area contributed by atoms with E-state index in [-0.39, 0.29) is 36.1 Å². The van der Waals surface area contributed by atoms with Crippen LogP contribution in [0.4, 0.5) is 11.4 Å². The molecule has 0 aliphatic heterocycles. The van der Waals surface area contributed by atoms with Crippen LogP contribution in [0.3, 0.4) is 0 Å². The summed E-state index contributed by atoms with van der Waals surface area (Å²) >= 11 is 0. The number of nitrogens with zero attached hydrogens (tertiary/aromatic N) is 2. The highest BCUT2D eigenvalue weighted by Crippen LogP contribution is 2.28. The predicted octanol–water partition coefficient (Wildman–Crippen LogP) is 4.28. The number of benzene rings is 1. The number of allylic oxidation sites excluding steroid dienone is 1. The summed E-state index contributed by atoms with van der Waals surface area (Å²) in [6, 6.07) is 3.80. The monoisotopic (exact) mass is 406 g/mol. The molecule has 8 nitrogen and oxygen atoms in total. The number of anilines is 1. The minimum atomic E-state index is -0.628. The van der Waals surface area contributed by atoms with Gasteiger partial charge in [0.1, 0.15) is 6.61 Å². The zero-order valence-electron chi connectivity index (χ0n) is 17.2. The van der Waals surface area contributed by atoms with Crippen molar-refractivity contribution in [2.45, 2.75) is 46.0 Å². The van der Waals surface area contributed by atoms with E-state index in [1.807, 2.05) is 13.0 Å². The molecule has 0 heterocycles. The van der Waals surface area contributed by atoms with E-state index in [4.69, 9.17) is 9.47 Å². The number of carbonyl (C=O) groups is 2. The molecule has 0 spiro atoms. The van der Waals surface area contributed by atoms with Crippen LogP contribution in [-0.2, 0) is 14.3 Å². The topological polar surface area (TPSA) is 99.0 Å². The van der Waals surface area contributed by atoms with Crippen LogP contribution in [0, 0.1) is 10.1 Å². The number of ether oxygens (including phenoxy) is 2. The number of nitro benzene ring substituents is 1. The number of esters is 1. The van der Waals surface area contributed by atoms with Gasteiger partial charge in [0.2, 0.25) is 0 Å². The molecule has 0 aliphatic carbocycles. The minimum absolute atomic E-state index is 0.118. The molecule has 0 bridgehead atoms. The van der Waals surface area contributed by atoms with Gasteiger partial charge in [-0.05, 0) is 38.7 Å². The number of unbranched alkanes of at least 4 members (excludes halogenated alkanes) is 3. The number of hydrogen-bond acceptors (Lipinski definition) is 6. The van der Waals surface area contributed by atoms with Crippen molar-refractivity contribution in [1.29, 1.82) is 0 Å². The average Bonchev–Trinajstić information content (AvgIpc) is 2.70. The van der Waals surface area contributed by atoms with Gasteiger partial charge >= 0.3 is 5.97 Å². The Hall–Kier alpha value is -2.74. The van der Waals surface area contributed by atoms with Gasteiger partial charge in [-0.1, -0.05) is 19.4 Å². The fraction of sp³-hybridized carbons (Fsp3) is 0.524.